The second-order valence-electron chi connectivity index (χ2n) is 3.61. The van der Waals surface area contributed by atoms with Gasteiger partial charge in [-0.2, -0.15) is 0 Å². The van der Waals surface area contributed by atoms with Gasteiger partial charge < -0.3 is 5.32 Å². The van der Waals surface area contributed by atoms with Crippen molar-refractivity contribution in [2.45, 2.75) is 45.2 Å². The predicted octanol–water partition coefficient (Wildman–Crippen LogP) is 1.47. The highest BCUT2D eigenvalue weighted by molar-refractivity contribution is 4.88. The summed E-state index contributed by atoms with van der Waals surface area (Å²) in [7, 11) is 2.09. The molecule has 2 heteroatoms. The largest absolute Gasteiger partial charge is 0.315 e. The van der Waals surface area contributed by atoms with Gasteiger partial charge in [0.15, 0.2) is 0 Å². The molecular formula is C10H22N2. The van der Waals surface area contributed by atoms with E-state index in [1.54, 1.807) is 0 Å². The molecule has 12 heavy (non-hydrogen) atoms. The summed E-state index contributed by atoms with van der Waals surface area (Å²) >= 11 is 0. The van der Waals surface area contributed by atoms with Crippen LogP contribution >= 0.6 is 0 Å². The summed E-state index contributed by atoms with van der Waals surface area (Å²) in [6.45, 7) is 6.90. The summed E-state index contributed by atoms with van der Waals surface area (Å²) in [6, 6.07) is 1.54. The number of hydrogen-bond acceptors (Lipinski definition) is 2. The molecule has 0 aromatic heterocycles. The van der Waals surface area contributed by atoms with Crippen molar-refractivity contribution in [3.63, 3.8) is 0 Å². The molecule has 0 amide bonds. The van der Waals surface area contributed by atoms with Crippen LogP contribution in [0.15, 0.2) is 0 Å². The van der Waals surface area contributed by atoms with Crippen LogP contribution in [0.5, 0.6) is 0 Å². The first-order valence-corrected chi connectivity index (χ1v) is 5.24. The van der Waals surface area contributed by atoms with Gasteiger partial charge >= 0.3 is 0 Å². The van der Waals surface area contributed by atoms with Crippen molar-refractivity contribution in [2.24, 2.45) is 0 Å². The molecule has 0 spiro atoms. The van der Waals surface area contributed by atoms with Crippen molar-refractivity contribution in [2.75, 3.05) is 20.1 Å². The van der Waals surface area contributed by atoms with E-state index >= 15 is 0 Å². The van der Waals surface area contributed by atoms with Gasteiger partial charge in [-0.1, -0.05) is 20.3 Å². The summed E-state index contributed by atoms with van der Waals surface area (Å²) in [5, 5.41) is 3.42. The van der Waals surface area contributed by atoms with Crippen molar-refractivity contribution >= 4 is 0 Å². The molecule has 0 saturated heterocycles. The first-order valence-electron chi connectivity index (χ1n) is 5.24. The highest BCUT2D eigenvalue weighted by atomic mass is 15.2. The van der Waals surface area contributed by atoms with Crippen molar-refractivity contribution in [3.8, 4) is 0 Å². The van der Waals surface area contributed by atoms with E-state index in [1.165, 1.54) is 32.4 Å². The molecule has 2 nitrogen and oxygen atoms in total. The zero-order valence-electron chi connectivity index (χ0n) is 8.64. The maximum atomic E-state index is 3.42. The molecule has 1 fully saturated rings. The molecule has 1 rings (SSSR count). The van der Waals surface area contributed by atoms with Crippen LogP contribution in [0, 0.1) is 0 Å². The fraction of sp³-hybridized carbons (Fsp3) is 1.00. The Labute approximate surface area is 76.3 Å². The quantitative estimate of drug-likeness (QED) is 0.687. The van der Waals surface area contributed by atoms with E-state index in [-0.39, 0.29) is 0 Å². The Kier molecular flexibility index (Phi) is 4.02. The second-order valence-corrected chi connectivity index (χ2v) is 3.61. The van der Waals surface area contributed by atoms with E-state index in [1.807, 2.05) is 0 Å². The number of nitrogens with zero attached hydrogens (tertiary/aromatic N) is 1. The van der Waals surface area contributed by atoms with Crippen LogP contribution in [-0.2, 0) is 0 Å². The molecule has 0 heterocycles. The Bertz CT molecular complexity index is 121. The second kappa shape index (κ2) is 4.83. The summed E-state index contributed by atoms with van der Waals surface area (Å²) in [5.74, 6) is 0. The lowest BCUT2D eigenvalue weighted by molar-refractivity contribution is 0.193. The fourth-order valence-corrected chi connectivity index (χ4v) is 2.41. The van der Waals surface area contributed by atoms with Gasteiger partial charge in [-0.05, 0) is 33.0 Å². The van der Waals surface area contributed by atoms with Gasteiger partial charge in [-0.3, -0.25) is 4.90 Å². The zero-order valence-corrected chi connectivity index (χ0v) is 8.64. The van der Waals surface area contributed by atoms with Crippen molar-refractivity contribution in [3.05, 3.63) is 0 Å². The summed E-state index contributed by atoms with van der Waals surface area (Å²) < 4.78 is 0. The van der Waals surface area contributed by atoms with Gasteiger partial charge in [-0.15, -0.1) is 0 Å². The SMILES string of the molecule is CCN(CC)[C@@H]1CCC[C@@H]1NC. The standard InChI is InChI=1S/C10H22N2/c1-4-12(5-2)10-8-6-7-9(10)11-3/h9-11H,4-8H2,1-3H3/t9-,10+/m0/s1. The van der Waals surface area contributed by atoms with Crippen LogP contribution in [0.4, 0.5) is 0 Å². The van der Waals surface area contributed by atoms with Crippen LogP contribution in [0.2, 0.25) is 0 Å². The molecule has 0 aromatic rings. The average Bonchev–Trinajstić information content (AvgIpc) is 2.55. The molecule has 0 radical (unpaired) electrons. The highest BCUT2D eigenvalue weighted by Crippen LogP contribution is 2.23. The van der Waals surface area contributed by atoms with E-state index in [0.717, 1.165) is 12.1 Å². The smallest absolute Gasteiger partial charge is 0.0249 e. The normalized spacial score (nSPS) is 30.0. The molecule has 72 valence electrons. The van der Waals surface area contributed by atoms with Crippen LogP contribution in [0.3, 0.4) is 0 Å². The third-order valence-electron chi connectivity index (χ3n) is 3.13. The maximum Gasteiger partial charge on any atom is 0.0249 e. The molecule has 0 bridgehead atoms. The lowest BCUT2D eigenvalue weighted by Gasteiger charge is -2.30. The van der Waals surface area contributed by atoms with Gasteiger partial charge in [-0.25, -0.2) is 0 Å². The summed E-state index contributed by atoms with van der Waals surface area (Å²) in [5.41, 5.74) is 0. The number of likely N-dealkylation sites (N-methyl/N-ethyl adjacent to an activating group) is 2. The van der Waals surface area contributed by atoms with Crippen LogP contribution in [-0.4, -0.2) is 37.1 Å². The Morgan fingerprint density at radius 3 is 2.42 bits per heavy atom. The highest BCUT2D eigenvalue weighted by Gasteiger charge is 2.29. The molecule has 0 aliphatic heterocycles. The monoisotopic (exact) mass is 170 g/mol. The molecule has 1 saturated carbocycles. The lowest BCUT2D eigenvalue weighted by atomic mass is 10.1. The third kappa shape index (κ3) is 1.99. The lowest BCUT2D eigenvalue weighted by Crippen LogP contribution is -2.45. The average molecular weight is 170 g/mol. The van der Waals surface area contributed by atoms with E-state index < -0.39 is 0 Å². The Morgan fingerprint density at radius 2 is 1.92 bits per heavy atom. The van der Waals surface area contributed by atoms with Gasteiger partial charge in [0.2, 0.25) is 0 Å². The van der Waals surface area contributed by atoms with Crippen LogP contribution < -0.4 is 5.32 Å². The molecule has 1 aliphatic carbocycles. The number of nitrogens with one attached hydrogen (secondary N) is 1. The van der Waals surface area contributed by atoms with Crippen LogP contribution in [0.25, 0.3) is 0 Å². The van der Waals surface area contributed by atoms with Crippen LogP contribution in [0.1, 0.15) is 33.1 Å². The Balaban J connectivity index is 2.47. The van der Waals surface area contributed by atoms with E-state index in [2.05, 4.69) is 31.1 Å². The minimum atomic E-state index is 0.741. The maximum absolute atomic E-state index is 3.42. The summed E-state index contributed by atoms with van der Waals surface area (Å²) in [4.78, 5) is 2.58. The minimum absolute atomic E-state index is 0.741. The van der Waals surface area contributed by atoms with Crippen molar-refractivity contribution in [1.82, 2.24) is 10.2 Å². The first kappa shape index (κ1) is 10.0. The van der Waals surface area contributed by atoms with Gasteiger partial charge in [0.25, 0.3) is 0 Å². The zero-order chi connectivity index (χ0) is 8.97. The van der Waals surface area contributed by atoms with E-state index in [4.69, 9.17) is 0 Å². The molecule has 1 N–H and O–H groups in total. The molecule has 1 aliphatic rings. The fourth-order valence-electron chi connectivity index (χ4n) is 2.41. The molecular weight excluding hydrogens is 148 g/mol. The Morgan fingerprint density at radius 1 is 1.25 bits per heavy atom. The number of rotatable bonds is 4. The van der Waals surface area contributed by atoms with Gasteiger partial charge in [0.1, 0.15) is 0 Å². The van der Waals surface area contributed by atoms with Gasteiger partial charge in [0.05, 0.1) is 0 Å². The predicted molar refractivity (Wildman–Crippen MR) is 53.4 cm³/mol. The molecule has 0 unspecified atom stereocenters. The number of hydrogen-bond donors (Lipinski definition) is 1. The molecule has 2 atom stereocenters. The van der Waals surface area contributed by atoms with Crippen molar-refractivity contribution < 1.29 is 0 Å². The topological polar surface area (TPSA) is 15.3 Å². The van der Waals surface area contributed by atoms with Crippen molar-refractivity contribution in [1.29, 1.82) is 0 Å². The van der Waals surface area contributed by atoms with Gasteiger partial charge in [0, 0.05) is 12.1 Å². The summed E-state index contributed by atoms with van der Waals surface area (Å²) in [6.07, 6.45) is 4.14. The first-order chi connectivity index (χ1) is 5.83. The van der Waals surface area contributed by atoms with E-state index in [9.17, 15) is 0 Å². The molecule has 0 aromatic carbocycles. The Hall–Kier alpha value is -0.0800. The minimum Gasteiger partial charge on any atom is -0.315 e. The van der Waals surface area contributed by atoms with E-state index in [0.29, 0.717) is 0 Å². The third-order valence-corrected chi connectivity index (χ3v) is 3.13.